The Hall–Kier alpha value is -2.10. The Labute approximate surface area is 120 Å². The van der Waals surface area contributed by atoms with E-state index in [2.05, 4.69) is 52.2 Å². The van der Waals surface area contributed by atoms with Crippen molar-refractivity contribution in [3.8, 4) is 0 Å². The summed E-state index contributed by atoms with van der Waals surface area (Å²) >= 11 is 0. The standard InChI is InChI=1S/C16H22N4/c1-4-17-16-11-15(9-10-18-16)20(5-2)12-14-8-6-7-13(3)19-14/h6-11H,4-5,12H2,1-3H3,(H,17,18). The summed E-state index contributed by atoms with van der Waals surface area (Å²) < 4.78 is 0. The molecule has 1 N–H and O–H groups in total. The Bertz CT molecular complexity index is 554. The topological polar surface area (TPSA) is 41.0 Å². The van der Waals surface area contributed by atoms with Crippen LogP contribution in [-0.4, -0.2) is 23.1 Å². The van der Waals surface area contributed by atoms with Crippen LogP contribution in [-0.2, 0) is 6.54 Å². The maximum absolute atomic E-state index is 4.57. The van der Waals surface area contributed by atoms with E-state index in [0.29, 0.717) is 0 Å². The summed E-state index contributed by atoms with van der Waals surface area (Å²) in [6, 6.07) is 10.3. The zero-order valence-electron chi connectivity index (χ0n) is 12.4. The van der Waals surface area contributed by atoms with Gasteiger partial charge in [-0.3, -0.25) is 4.98 Å². The van der Waals surface area contributed by atoms with Crippen LogP contribution in [0.25, 0.3) is 0 Å². The van der Waals surface area contributed by atoms with Gasteiger partial charge in [-0.2, -0.15) is 0 Å². The van der Waals surface area contributed by atoms with Gasteiger partial charge in [-0.05, 0) is 39.0 Å². The molecule has 0 radical (unpaired) electrons. The Morgan fingerprint density at radius 3 is 2.75 bits per heavy atom. The maximum Gasteiger partial charge on any atom is 0.127 e. The number of aromatic nitrogens is 2. The van der Waals surface area contributed by atoms with Crippen molar-refractivity contribution in [3.05, 3.63) is 47.9 Å². The molecule has 0 atom stereocenters. The van der Waals surface area contributed by atoms with Gasteiger partial charge in [0.05, 0.1) is 12.2 Å². The summed E-state index contributed by atoms with van der Waals surface area (Å²) in [7, 11) is 0. The van der Waals surface area contributed by atoms with E-state index in [4.69, 9.17) is 0 Å². The molecule has 0 bridgehead atoms. The first-order chi connectivity index (χ1) is 9.72. The lowest BCUT2D eigenvalue weighted by Gasteiger charge is -2.23. The van der Waals surface area contributed by atoms with Crippen molar-refractivity contribution < 1.29 is 0 Å². The van der Waals surface area contributed by atoms with E-state index in [-0.39, 0.29) is 0 Å². The molecule has 106 valence electrons. The molecule has 2 rings (SSSR count). The minimum absolute atomic E-state index is 0.813. The summed E-state index contributed by atoms with van der Waals surface area (Å²) in [6.07, 6.45) is 1.85. The number of anilines is 2. The Morgan fingerprint density at radius 1 is 1.20 bits per heavy atom. The molecule has 0 aliphatic rings. The quantitative estimate of drug-likeness (QED) is 0.875. The third-order valence-corrected chi connectivity index (χ3v) is 3.15. The summed E-state index contributed by atoms with van der Waals surface area (Å²) in [5, 5.41) is 3.25. The fourth-order valence-corrected chi connectivity index (χ4v) is 2.16. The predicted octanol–water partition coefficient (Wildman–Crippen LogP) is 3.24. The molecule has 0 aliphatic heterocycles. The second-order valence-electron chi connectivity index (χ2n) is 4.71. The van der Waals surface area contributed by atoms with Gasteiger partial charge in [0.2, 0.25) is 0 Å². The Kier molecular flexibility index (Phi) is 4.93. The van der Waals surface area contributed by atoms with Crippen molar-refractivity contribution in [2.24, 2.45) is 0 Å². The van der Waals surface area contributed by atoms with Crippen molar-refractivity contribution in [1.29, 1.82) is 0 Å². The van der Waals surface area contributed by atoms with Crippen LogP contribution in [0.5, 0.6) is 0 Å². The molecule has 2 heterocycles. The number of nitrogens with zero attached hydrogens (tertiary/aromatic N) is 3. The summed E-state index contributed by atoms with van der Waals surface area (Å²) in [4.78, 5) is 11.2. The molecule has 4 heteroatoms. The van der Waals surface area contributed by atoms with Gasteiger partial charge in [0.15, 0.2) is 0 Å². The number of hydrogen-bond donors (Lipinski definition) is 1. The van der Waals surface area contributed by atoms with E-state index in [1.165, 1.54) is 5.69 Å². The number of rotatable bonds is 6. The third kappa shape index (κ3) is 3.70. The number of aryl methyl sites for hydroxylation is 1. The zero-order chi connectivity index (χ0) is 14.4. The molecule has 20 heavy (non-hydrogen) atoms. The highest BCUT2D eigenvalue weighted by molar-refractivity contribution is 5.53. The minimum Gasteiger partial charge on any atom is -0.370 e. The molecule has 0 spiro atoms. The Balaban J connectivity index is 2.17. The van der Waals surface area contributed by atoms with Crippen molar-refractivity contribution in [2.75, 3.05) is 23.3 Å². The van der Waals surface area contributed by atoms with Crippen molar-refractivity contribution in [2.45, 2.75) is 27.3 Å². The van der Waals surface area contributed by atoms with E-state index < -0.39 is 0 Å². The lowest BCUT2D eigenvalue weighted by Crippen LogP contribution is -2.23. The van der Waals surface area contributed by atoms with E-state index in [0.717, 1.165) is 36.8 Å². The van der Waals surface area contributed by atoms with Crippen LogP contribution >= 0.6 is 0 Å². The molecule has 2 aromatic rings. The van der Waals surface area contributed by atoms with Crippen molar-refractivity contribution in [3.63, 3.8) is 0 Å². The Morgan fingerprint density at radius 2 is 2.05 bits per heavy atom. The van der Waals surface area contributed by atoms with E-state index in [1.54, 1.807) is 0 Å². The van der Waals surface area contributed by atoms with Crippen LogP contribution in [0.3, 0.4) is 0 Å². The number of pyridine rings is 2. The first kappa shape index (κ1) is 14.3. The monoisotopic (exact) mass is 270 g/mol. The summed E-state index contributed by atoms with van der Waals surface area (Å²) in [5.74, 6) is 0.917. The highest BCUT2D eigenvalue weighted by atomic mass is 15.1. The zero-order valence-corrected chi connectivity index (χ0v) is 12.4. The third-order valence-electron chi connectivity index (χ3n) is 3.15. The SMILES string of the molecule is CCNc1cc(N(CC)Cc2cccc(C)n2)ccn1. The van der Waals surface area contributed by atoms with Gasteiger partial charge >= 0.3 is 0 Å². The highest BCUT2D eigenvalue weighted by Crippen LogP contribution is 2.19. The molecular formula is C16H22N4. The van der Waals surface area contributed by atoms with E-state index in [1.807, 2.05) is 25.3 Å². The fourth-order valence-electron chi connectivity index (χ4n) is 2.16. The van der Waals surface area contributed by atoms with Crippen LogP contribution in [0.1, 0.15) is 25.2 Å². The van der Waals surface area contributed by atoms with Gasteiger partial charge in [-0.15, -0.1) is 0 Å². The molecular weight excluding hydrogens is 248 g/mol. The average molecular weight is 270 g/mol. The lowest BCUT2D eigenvalue weighted by atomic mass is 10.2. The molecule has 0 fully saturated rings. The smallest absolute Gasteiger partial charge is 0.127 e. The molecule has 0 aromatic carbocycles. The predicted molar refractivity (Wildman–Crippen MR) is 84.1 cm³/mol. The number of nitrogens with one attached hydrogen (secondary N) is 1. The molecule has 0 saturated carbocycles. The molecule has 0 unspecified atom stereocenters. The van der Waals surface area contributed by atoms with E-state index >= 15 is 0 Å². The van der Waals surface area contributed by atoms with Crippen LogP contribution in [0, 0.1) is 6.92 Å². The van der Waals surface area contributed by atoms with Gasteiger partial charge in [0, 0.05) is 36.7 Å². The second kappa shape index (κ2) is 6.89. The van der Waals surface area contributed by atoms with Crippen LogP contribution in [0.2, 0.25) is 0 Å². The molecule has 0 aliphatic carbocycles. The lowest BCUT2D eigenvalue weighted by molar-refractivity contribution is 0.805. The molecule has 4 nitrogen and oxygen atoms in total. The molecule has 2 aromatic heterocycles. The second-order valence-corrected chi connectivity index (χ2v) is 4.71. The van der Waals surface area contributed by atoms with Gasteiger partial charge in [0.1, 0.15) is 5.82 Å². The van der Waals surface area contributed by atoms with Gasteiger partial charge in [-0.1, -0.05) is 6.07 Å². The number of hydrogen-bond acceptors (Lipinski definition) is 4. The normalized spacial score (nSPS) is 10.3. The van der Waals surface area contributed by atoms with Gasteiger partial charge in [0.25, 0.3) is 0 Å². The molecule has 0 saturated heterocycles. The summed E-state index contributed by atoms with van der Waals surface area (Å²) in [5.41, 5.74) is 3.32. The van der Waals surface area contributed by atoms with Crippen molar-refractivity contribution in [1.82, 2.24) is 9.97 Å². The van der Waals surface area contributed by atoms with Gasteiger partial charge < -0.3 is 10.2 Å². The van der Waals surface area contributed by atoms with Gasteiger partial charge in [-0.25, -0.2) is 4.98 Å². The maximum atomic E-state index is 4.57. The first-order valence-electron chi connectivity index (χ1n) is 7.10. The highest BCUT2D eigenvalue weighted by Gasteiger charge is 2.07. The minimum atomic E-state index is 0.813. The average Bonchev–Trinajstić information content (AvgIpc) is 2.45. The molecule has 0 amide bonds. The summed E-state index contributed by atoms with van der Waals surface area (Å²) in [6.45, 7) is 8.88. The van der Waals surface area contributed by atoms with Crippen molar-refractivity contribution >= 4 is 11.5 Å². The van der Waals surface area contributed by atoms with Crippen LogP contribution in [0.4, 0.5) is 11.5 Å². The van der Waals surface area contributed by atoms with Crippen LogP contribution in [0.15, 0.2) is 36.5 Å². The largest absolute Gasteiger partial charge is 0.370 e. The fraction of sp³-hybridized carbons (Fsp3) is 0.375. The first-order valence-corrected chi connectivity index (χ1v) is 7.10. The van der Waals surface area contributed by atoms with Crippen LogP contribution < -0.4 is 10.2 Å². The van der Waals surface area contributed by atoms with E-state index in [9.17, 15) is 0 Å².